The second-order valence-corrected chi connectivity index (χ2v) is 20.6. The zero-order chi connectivity index (χ0) is 55.2. The van der Waals surface area contributed by atoms with E-state index in [4.69, 9.17) is 19.9 Å². The van der Waals surface area contributed by atoms with Crippen molar-refractivity contribution in [3.8, 4) is 0 Å². The van der Waals surface area contributed by atoms with Crippen molar-refractivity contribution in [2.45, 2.75) is 139 Å². The molecule has 0 spiro atoms. The summed E-state index contributed by atoms with van der Waals surface area (Å²) >= 11 is 0. The number of alkyl carbamates (subject to hydrolysis) is 2. The molecule has 0 aromatic heterocycles. The summed E-state index contributed by atoms with van der Waals surface area (Å²) in [7, 11) is 0. The molecule has 1 saturated heterocycles. The largest absolute Gasteiger partial charge is 0.444 e. The lowest BCUT2D eigenvalue weighted by Gasteiger charge is -2.29. The SMILES string of the molecule is C=C(c1cccc(C2(N)CC2)c1)C(F)(F)F.C=C(c1cccc(C2(NCC(O)C(Cc3cc(F)cc(F)c3)NC(=O)OC(C)(C)C)CC2)c1)C(F)(F)F.CC(C)(C)OC(=O)NC(Cc1cc(F)cc(F)c1)C1CO1. The van der Waals surface area contributed by atoms with Crippen molar-refractivity contribution in [1.82, 2.24) is 16.0 Å². The Morgan fingerprint density at radius 2 is 1.09 bits per heavy atom. The van der Waals surface area contributed by atoms with Crippen LogP contribution in [0.15, 0.2) is 98.1 Å². The van der Waals surface area contributed by atoms with Crippen LogP contribution in [0.3, 0.4) is 0 Å². The van der Waals surface area contributed by atoms with Crippen molar-refractivity contribution < 1.29 is 72.8 Å². The second kappa shape index (κ2) is 23.3. The average molecular weight is 1050 g/mol. The number of alkyl halides is 6. The zero-order valence-corrected chi connectivity index (χ0v) is 41.8. The molecule has 6 N–H and O–H groups in total. The fraction of sp³-hybridized carbons (Fsp3) is 0.444. The lowest BCUT2D eigenvalue weighted by molar-refractivity contribution is -0.0695. The Hall–Kier alpha value is -5.96. The van der Waals surface area contributed by atoms with Gasteiger partial charge in [0.25, 0.3) is 0 Å². The van der Waals surface area contributed by atoms with Gasteiger partial charge in [-0.3, -0.25) is 0 Å². The molecular weight excluding hydrogens is 991 g/mol. The van der Waals surface area contributed by atoms with Gasteiger partial charge in [-0.2, -0.15) is 26.3 Å². The van der Waals surface area contributed by atoms with E-state index in [1.807, 2.05) is 0 Å². The van der Waals surface area contributed by atoms with Crippen LogP contribution in [0.5, 0.6) is 0 Å². The number of epoxide rings is 1. The lowest BCUT2D eigenvalue weighted by Crippen LogP contribution is -2.51. The van der Waals surface area contributed by atoms with E-state index in [2.05, 4.69) is 29.1 Å². The molecule has 4 unspecified atom stereocenters. The monoisotopic (exact) mass is 1050 g/mol. The molecule has 4 aromatic carbocycles. The predicted octanol–water partition coefficient (Wildman–Crippen LogP) is 11.6. The van der Waals surface area contributed by atoms with Crippen LogP contribution in [0.25, 0.3) is 11.1 Å². The number of allylic oxidation sites excluding steroid dienone is 2. The van der Waals surface area contributed by atoms with E-state index >= 15 is 0 Å². The number of rotatable bonds is 15. The number of nitrogens with one attached hydrogen (secondary N) is 3. The maximum atomic E-state index is 13.7. The molecule has 404 valence electrons. The fourth-order valence-corrected chi connectivity index (χ4v) is 7.64. The van der Waals surface area contributed by atoms with E-state index in [1.165, 1.54) is 42.5 Å². The topological polar surface area (TPSA) is 147 Å². The Morgan fingerprint density at radius 3 is 1.50 bits per heavy atom. The first-order valence-corrected chi connectivity index (χ1v) is 23.6. The fourth-order valence-electron chi connectivity index (χ4n) is 7.64. The number of amides is 2. The van der Waals surface area contributed by atoms with Crippen LogP contribution in [0.1, 0.15) is 101 Å². The first kappa shape index (κ1) is 58.9. The molecule has 4 atom stereocenters. The molecule has 0 bridgehead atoms. The zero-order valence-electron chi connectivity index (χ0n) is 41.8. The second-order valence-electron chi connectivity index (χ2n) is 20.6. The van der Waals surface area contributed by atoms with E-state index in [0.29, 0.717) is 30.6 Å². The van der Waals surface area contributed by atoms with E-state index in [0.717, 1.165) is 42.7 Å². The molecule has 74 heavy (non-hydrogen) atoms. The van der Waals surface area contributed by atoms with Crippen molar-refractivity contribution in [2.24, 2.45) is 5.73 Å². The van der Waals surface area contributed by atoms with Gasteiger partial charge in [-0.15, -0.1) is 0 Å². The summed E-state index contributed by atoms with van der Waals surface area (Å²) < 4.78 is 146. The molecule has 4 aromatic rings. The molecule has 7 rings (SSSR count). The summed E-state index contributed by atoms with van der Waals surface area (Å²) in [5.74, 6) is -2.87. The maximum absolute atomic E-state index is 13.7. The summed E-state index contributed by atoms with van der Waals surface area (Å²) in [6, 6.07) is 17.1. The van der Waals surface area contributed by atoms with Crippen LogP contribution in [-0.4, -0.2) is 78.3 Å². The molecule has 0 radical (unpaired) electrons. The summed E-state index contributed by atoms with van der Waals surface area (Å²) in [6.45, 7) is 17.0. The van der Waals surface area contributed by atoms with Gasteiger partial charge in [0.2, 0.25) is 0 Å². The summed E-state index contributed by atoms with van der Waals surface area (Å²) in [4.78, 5) is 24.2. The van der Waals surface area contributed by atoms with Gasteiger partial charge in [-0.25, -0.2) is 27.2 Å². The number of ether oxygens (including phenoxy) is 3. The van der Waals surface area contributed by atoms with Crippen LogP contribution >= 0.6 is 0 Å². The lowest BCUT2D eigenvalue weighted by atomic mass is 9.97. The molecule has 3 fully saturated rings. The van der Waals surface area contributed by atoms with Crippen LogP contribution in [-0.2, 0) is 38.1 Å². The normalized spacial score (nSPS) is 17.6. The summed E-state index contributed by atoms with van der Waals surface area (Å²) in [6.07, 6.45) is -8.60. The third-order valence-electron chi connectivity index (χ3n) is 11.9. The van der Waals surface area contributed by atoms with E-state index in [-0.39, 0.29) is 48.2 Å². The number of hydrogen-bond donors (Lipinski definition) is 5. The van der Waals surface area contributed by atoms with Crippen molar-refractivity contribution in [1.29, 1.82) is 0 Å². The molecule has 10 nitrogen and oxygen atoms in total. The number of halogens is 10. The maximum Gasteiger partial charge on any atom is 0.416 e. The summed E-state index contributed by atoms with van der Waals surface area (Å²) in [5.41, 5.74) is 3.79. The quantitative estimate of drug-likeness (QED) is 0.0584. The van der Waals surface area contributed by atoms with Gasteiger partial charge >= 0.3 is 24.5 Å². The molecule has 1 aliphatic heterocycles. The first-order valence-electron chi connectivity index (χ1n) is 23.6. The van der Waals surface area contributed by atoms with Gasteiger partial charge in [-0.05, 0) is 150 Å². The highest BCUT2D eigenvalue weighted by atomic mass is 19.4. The number of benzene rings is 4. The molecule has 2 amide bonds. The van der Waals surface area contributed by atoms with Gasteiger partial charge in [0, 0.05) is 29.8 Å². The molecule has 3 aliphatic rings. The molecule has 1 heterocycles. The van der Waals surface area contributed by atoms with Crippen molar-refractivity contribution in [2.75, 3.05) is 13.2 Å². The molecular formula is C54H62F10N4O6. The van der Waals surface area contributed by atoms with Crippen molar-refractivity contribution in [3.63, 3.8) is 0 Å². The Labute approximate surface area is 423 Å². The molecule has 20 heteroatoms. The Kier molecular flexibility index (Phi) is 18.5. The smallest absolute Gasteiger partial charge is 0.416 e. The Morgan fingerprint density at radius 1 is 0.676 bits per heavy atom. The third-order valence-corrected chi connectivity index (χ3v) is 11.9. The number of hydrogen-bond acceptors (Lipinski definition) is 8. The minimum absolute atomic E-state index is 0.0452. The van der Waals surface area contributed by atoms with Crippen LogP contribution in [0.4, 0.5) is 53.5 Å². The van der Waals surface area contributed by atoms with Gasteiger partial charge in [0.15, 0.2) is 0 Å². The van der Waals surface area contributed by atoms with Gasteiger partial charge in [-0.1, -0.05) is 49.6 Å². The molecule has 2 aliphatic carbocycles. The number of carbonyl (C=O) groups is 2. The Balaban J connectivity index is 0.000000229. The predicted molar refractivity (Wildman–Crippen MR) is 259 cm³/mol. The van der Waals surface area contributed by atoms with E-state index in [1.54, 1.807) is 59.7 Å². The number of aliphatic hydroxyl groups is 1. The number of aliphatic hydroxyl groups excluding tert-OH is 1. The highest BCUT2D eigenvalue weighted by Crippen LogP contribution is 2.47. The third kappa shape index (κ3) is 18.5. The minimum atomic E-state index is -4.56. The number of carbonyl (C=O) groups excluding carboxylic acids is 2. The van der Waals surface area contributed by atoms with Crippen LogP contribution in [0.2, 0.25) is 0 Å². The Bertz CT molecular complexity index is 2590. The first-order chi connectivity index (χ1) is 34.1. The van der Waals surface area contributed by atoms with Gasteiger partial charge in [0.05, 0.1) is 35.9 Å². The van der Waals surface area contributed by atoms with Crippen molar-refractivity contribution in [3.05, 3.63) is 155 Å². The molecule has 2 saturated carbocycles. The van der Waals surface area contributed by atoms with E-state index in [9.17, 15) is 58.6 Å². The number of nitrogens with two attached hydrogens (primary N) is 1. The average Bonchev–Trinajstić information content (AvgIpc) is 4.14. The van der Waals surface area contributed by atoms with Crippen LogP contribution in [0, 0.1) is 23.3 Å². The van der Waals surface area contributed by atoms with Crippen molar-refractivity contribution >= 4 is 23.3 Å². The minimum Gasteiger partial charge on any atom is -0.444 e. The standard InChI is InChI=1S/C27H31F5N2O3.C15H19F2NO3.C12H12F3N/c1-16(27(30,31)32)18-6-5-7-19(13-18)26(8-9-26)33-15-23(35)22(34-24(36)37-25(2,3)4)12-17-10-20(28)14-21(29)11-17;1-15(2,3)21-14(19)18-12(13-8-20-13)6-9-4-10(16)7-11(17)5-9;1-8(12(13,14)15)9-3-2-4-10(7-9)11(16)5-6-11/h5-7,10-11,13-14,22-23,33,35H,1,8-9,12,15H2,2-4H3,(H,34,36);4-5,7,12-13H,6,8H2,1-3H3,(H,18,19);2-4,7H,1,5-6,16H2. The highest BCUT2D eigenvalue weighted by molar-refractivity contribution is 5.70. The highest BCUT2D eigenvalue weighted by Gasteiger charge is 2.45. The van der Waals surface area contributed by atoms with Gasteiger partial charge in [0.1, 0.15) is 40.6 Å². The van der Waals surface area contributed by atoms with Crippen LogP contribution < -0.4 is 21.7 Å². The van der Waals surface area contributed by atoms with Gasteiger partial charge < -0.3 is 41.0 Å². The summed E-state index contributed by atoms with van der Waals surface area (Å²) in [5, 5.41) is 19.4. The van der Waals surface area contributed by atoms with E-state index < -0.39 is 93.4 Å².